The molecule has 1 heterocycles. The Morgan fingerprint density at radius 3 is 2.36 bits per heavy atom. The van der Waals surface area contributed by atoms with Gasteiger partial charge in [0.25, 0.3) is 5.91 Å². The van der Waals surface area contributed by atoms with E-state index in [9.17, 15) is 10.1 Å². The van der Waals surface area contributed by atoms with Gasteiger partial charge in [-0.3, -0.25) is 4.79 Å². The van der Waals surface area contributed by atoms with Crippen LogP contribution >= 0.6 is 0 Å². The summed E-state index contributed by atoms with van der Waals surface area (Å²) >= 11 is 0. The molecule has 0 bridgehead atoms. The van der Waals surface area contributed by atoms with E-state index in [0.29, 0.717) is 18.1 Å². The van der Waals surface area contributed by atoms with E-state index in [4.69, 9.17) is 4.42 Å². The number of hydrogen-bond donors (Lipinski definition) is 1. The average molecular weight is 328 g/mol. The maximum absolute atomic E-state index is 12.2. The lowest BCUT2D eigenvalue weighted by Gasteiger charge is -2.03. The predicted molar refractivity (Wildman–Crippen MR) is 96.0 cm³/mol. The first-order valence-corrected chi connectivity index (χ1v) is 7.85. The number of nitriles is 1. The highest BCUT2D eigenvalue weighted by molar-refractivity contribution is 6.01. The van der Waals surface area contributed by atoms with E-state index < -0.39 is 5.91 Å². The fraction of sp³-hybridized carbons (Fsp3) is 0.0476. The summed E-state index contributed by atoms with van der Waals surface area (Å²) in [5.74, 6) is 0.725. The molecule has 0 aliphatic carbocycles. The van der Waals surface area contributed by atoms with E-state index >= 15 is 0 Å². The van der Waals surface area contributed by atoms with Crippen molar-refractivity contribution in [2.75, 3.05) is 0 Å². The van der Waals surface area contributed by atoms with Crippen LogP contribution in [0.25, 0.3) is 17.4 Å². The summed E-state index contributed by atoms with van der Waals surface area (Å²) in [6.45, 7) is 0.367. The van der Waals surface area contributed by atoms with Crippen LogP contribution < -0.4 is 5.32 Å². The predicted octanol–water partition coefficient (Wildman–Crippen LogP) is 4.17. The van der Waals surface area contributed by atoms with Crippen molar-refractivity contribution in [3.05, 3.63) is 89.7 Å². The quantitative estimate of drug-likeness (QED) is 0.564. The molecule has 122 valence electrons. The number of carbonyl (C=O) groups excluding carboxylic acids is 1. The van der Waals surface area contributed by atoms with Gasteiger partial charge >= 0.3 is 0 Å². The van der Waals surface area contributed by atoms with Crippen molar-refractivity contribution in [1.82, 2.24) is 5.32 Å². The van der Waals surface area contributed by atoms with Gasteiger partial charge in [-0.25, -0.2) is 0 Å². The highest BCUT2D eigenvalue weighted by Gasteiger charge is 2.10. The summed E-state index contributed by atoms with van der Waals surface area (Å²) in [4.78, 5) is 12.2. The SMILES string of the molecule is N#C/C(=C\c1ccc(-c2ccccc2)o1)C(=O)NCc1ccccc1. The molecular formula is C21H16N2O2. The van der Waals surface area contributed by atoms with Gasteiger partial charge in [-0.15, -0.1) is 0 Å². The van der Waals surface area contributed by atoms with Gasteiger partial charge in [-0.1, -0.05) is 60.7 Å². The summed E-state index contributed by atoms with van der Waals surface area (Å²) < 4.78 is 5.71. The second-order valence-corrected chi connectivity index (χ2v) is 5.41. The summed E-state index contributed by atoms with van der Waals surface area (Å²) in [5, 5.41) is 12.0. The fourth-order valence-corrected chi connectivity index (χ4v) is 2.35. The van der Waals surface area contributed by atoms with Crippen LogP contribution in [0, 0.1) is 11.3 Å². The molecule has 0 saturated heterocycles. The Balaban J connectivity index is 1.71. The van der Waals surface area contributed by atoms with Crippen LogP contribution in [0.15, 0.2) is 82.8 Å². The zero-order valence-corrected chi connectivity index (χ0v) is 13.5. The van der Waals surface area contributed by atoms with E-state index in [0.717, 1.165) is 11.1 Å². The topological polar surface area (TPSA) is 66.0 Å². The molecular weight excluding hydrogens is 312 g/mol. The molecule has 0 atom stereocenters. The molecule has 2 aromatic carbocycles. The Bertz CT molecular complexity index is 919. The Kier molecular flexibility index (Phi) is 5.08. The maximum atomic E-state index is 12.2. The van der Waals surface area contributed by atoms with Crippen LogP contribution in [0.2, 0.25) is 0 Å². The fourth-order valence-electron chi connectivity index (χ4n) is 2.35. The first-order chi connectivity index (χ1) is 12.3. The summed E-state index contributed by atoms with van der Waals surface area (Å²) in [6, 6.07) is 24.7. The number of benzene rings is 2. The molecule has 4 nitrogen and oxygen atoms in total. The molecule has 1 N–H and O–H groups in total. The smallest absolute Gasteiger partial charge is 0.262 e. The van der Waals surface area contributed by atoms with Crippen LogP contribution in [0.5, 0.6) is 0 Å². The summed E-state index contributed by atoms with van der Waals surface area (Å²) in [5.41, 5.74) is 1.91. The zero-order valence-electron chi connectivity index (χ0n) is 13.5. The number of nitrogens with one attached hydrogen (secondary N) is 1. The Hall–Kier alpha value is -3.58. The standard InChI is InChI=1S/C21H16N2O2/c22-14-18(21(24)23-15-16-7-3-1-4-8-16)13-19-11-12-20(25-19)17-9-5-2-6-10-17/h1-13H,15H2,(H,23,24)/b18-13+. The van der Waals surface area contributed by atoms with Crippen LogP contribution in [0.3, 0.4) is 0 Å². The summed E-state index contributed by atoms with van der Waals surface area (Å²) in [6.07, 6.45) is 1.45. The second-order valence-electron chi connectivity index (χ2n) is 5.41. The highest BCUT2D eigenvalue weighted by Crippen LogP contribution is 2.23. The Morgan fingerprint density at radius 1 is 1.00 bits per heavy atom. The molecule has 0 fully saturated rings. The van der Waals surface area contributed by atoms with Gasteiger partial charge in [0.1, 0.15) is 23.2 Å². The molecule has 0 unspecified atom stereocenters. The minimum atomic E-state index is -0.427. The first kappa shape index (κ1) is 16.3. The van der Waals surface area contributed by atoms with E-state index in [-0.39, 0.29) is 5.57 Å². The molecule has 1 amide bonds. The third-order valence-corrected chi connectivity index (χ3v) is 3.63. The molecule has 0 radical (unpaired) electrons. The van der Waals surface area contributed by atoms with Gasteiger partial charge in [-0.05, 0) is 17.7 Å². The van der Waals surface area contributed by atoms with Gasteiger partial charge in [0.2, 0.25) is 0 Å². The number of amides is 1. The van der Waals surface area contributed by atoms with Crippen molar-refractivity contribution in [3.63, 3.8) is 0 Å². The Morgan fingerprint density at radius 2 is 1.68 bits per heavy atom. The second kappa shape index (κ2) is 7.80. The van der Waals surface area contributed by atoms with E-state index in [2.05, 4.69) is 5.32 Å². The highest BCUT2D eigenvalue weighted by atomic mass is 16.3. The normalized spacial score (nSPS) is 10.9. The number of nitrogens with zero attached hydrogens (tertiary/aromatic N) is 1. The van der Waals surface area contributed by atoms with Crippen molar-refractivity contribution in [3.8, 4) is 17.4 Å². The lowest BCUT2D eigenvalue weighted by atomic mass is 10.2. The monoisotopic (exact) mass is 328 g/mol. The number of carbonyl (C=O) groups is 1. The number of rotatable bonds is 5. The van der Waals surface area contributed by atoms with Gasteiger partial charge in [0.05, 0.1) is 0 Å². The zero-order chi connectivity index (χ0) is 17.5. The van der Waals surface area contributed by atoms with Crippen LogP contribution in [0.4, 0.5) is 0 Å². The van der Waals surface area contributed by atoms with Crippen molar-refractivity contribution >= 4 is 12.0 Å². The van der Waals surface area contributed by atoms with Gasteiger partial charge < -0.3 is 9.73 Å². The first-order valence-electron chi connectivity index (χ1n) is 7.85. The van der Waals surface area contributed by atoms with Crippen LogP contribution in [0.1, 0.15) is 11.3 Å². The van der Waals surface area contributed by atoms with Gasteiger partial charge in [-0.2, -0.15) is 5.26 Å². The largest absolute Gasteiger partial charge is 0.457 e. The summed E-state index contributed by atoms with van der Waals surface area (Å²) in [7, 11) is 0. The third kappa shape index (κ3) is 4.24. The lowest BCUT2D eigenvalue weighted by Crippen LogP contribution is -2.23. The van der Waals surface area contributed by atoms with Crippen molar-refractivity contribution in [2.24, 2.45) is 0 Å². The molecule has 25 heavy (non-hydrogen) atoms. The molecule has 3 aromatic rings. The number of furan rings is 1. The van der Waals surface area contributed by atoms with Crippen LogP contribution in [-0.4, -0.2) is 5.91 Å². The van der Waals surface area contributed by atoms with Gasteiger partial charge in [0, 0.05) is 18.2 Å². The maximum Gasteiger partial charge on any atom is 0.262 e. The lowest BCUT2D eigenvalue weighted by molar-refractivity contribution is -0.117. The molecule has 4 heteroatoms. The van der Waals surface area contributed by atoms with Crippen molar-refractivity contribution < 1.29 is 9.21 Å². The van der Waals surface area contributed by atoms with Gasteiger partial charge in [0.15, 0.2) is 0 Å². The third-order valence-electron chi connectivity index (χ3n) is 3.63. The minimum Gasteiger partial charge on any atom is -0.457 e. The average Bonchev–Trinajstić information content (AvgIpc) is 3.14. The molecule has 1 aromatic heterocycles. The minimum absolute atomic E-state index is 0.00453. The van der Waals surface area contributed by atoms with Crippen molar-refractivity contribution in [2.45, 2.75) is 6.54 Å². The van der Waals surface area contributed by atoms with Crippen molar-refractivity contribution in [1.29, 1.82) is 5.26 Å². The molecule has 3 rings (SSSR count). The number of hydrogen-bond acceptors (Lipinski definition) is 3. The van der Waals surface area contributed by atoms with E-state index in [1.165, 1.54) is 6.08 Å². The molecule has 0 aliphatic heterocycles. The molecule has 0 aliphatic rings. The van der Waals surface area contributed by atoms with Crippen LogP contribution in [-0.2, 0) is 11.3 Å². The molecule has 0 spiro atoms. The molecule has 0 saturated carbocycles. The van der Waals surface area contributed by atoms with E-state index in [1.54, 1.807) is 6.07 Å². The van der Waals surface area contributed by atoms with E-state index in [1.807, 2.05) is 72.8 Å². The Labute approximate surface area is 146 Å².